The number of aliphatic imine (C=N–C) groups is 1. The Balaban J connectivity index is 2.11. The fourth-order valence-corrected chi connectivity index (χ4v) is 3.02. The normalized spacial score (nSPS) is 20.2. The Kier molecular flexibility index (Phi) is 2.30. The number of aryl methyl sites for hydroxylation is 2. The summed E-state index contributed by atoms with van der Waals surface area (Å²) in [6, 6.07) is 3.91. The highest BCUT2D eigenvalue weighted by molar-refractivity contribution is 5.50. The van der Waals surface area contributed by atoms with Gasteiger partial charge in [-0.3, -0.25) is 0 Å². The van der Waals surface area contributed by atoms with Gasteiger partial charge in [0, 0.05) is 5.56 Å². The number of hydrogen-bond donors (Lipinski definition) is 1. The van der Waals surface area contributed by atoms with Crippen molar-refractivity contribution >= 4 is 6.08 Å². The molecule has 88 valence electrons. The van der Waals surface area contributed by atoms with Crippen molar-refractivity contribution in [2.75, 3.05) is 0 Å². The molecule has 3 nitrogen and oxygen atoms in total. The summed E-state index contributed by atoms with van der Waals surface area (Å²) in [4.78, 5) is 14.5. The molecule has 1 saturated carbocycles. The van der Waals surface area contributed by atoms with Crippen LogP contribution in [0.25, 0.3) is 0 Å². The van der Waals surface area contributed by atoms with Crippen molar-refractivity contribution in [3.63, 3.8) is 0 Å². The minimum absolute atomic E-state index is 0.296. The van der Waals surface area contributed by atoms with Gasteiger partial charge in [-0.05, 0) is 61.8 Å². The van der Waals surface area contributed by atoms with Crippen LogP contribution in [0.2, 0.25) is 0 Å². The van der Waals surface area contributed by atoms with E-state index < -0.39 is 5.54 Å². The zero-order valence-electron chi connectivity index (χ0n) is 9.70. The van der Waals surface area contributed by atoms with Crippen molar-refractivity contribution in [2.45, 2.75) is 44.1 Å². The number of nitrogens with zero attached hydrogens (tertiary/aromatic N) is 1. The quantitative estimate of drug-likeness (QED) is 0.626. The van der Waals surface area contributed by atoms with Crippen LogP contribution in [0.5, 0.6) is 5.75 Å². The number of rotatable bonds is 2. The summed E-state index contributed by atoms with van der Waals surface area (Å²) in [6.45, 7) is 0. The first-order chi connectivity index (χ1) is 8.25. The van der Waals surface area contributed by atoms with E-state index in [0.29, 0.717) is 5.75 Å². The van der Waals surface area contributed by atoms with Gasteiger partial charge >= 0.3 is 0 Å². The van der Waals surface area contributed by atoms with E-state index in [9.17, 15) is 9.90 Å². The second-order valence-electron chi connectivity index (χ2n) is 5.08. The van der Waals surface area contributed by atoms with Crippen LogP contribution < -0.4 is 0 Å². The summed E-state index contributed by atoms with van der Waals surface area (Å²) >= 11 is 0. The average Bonchev–Trinajstić information content (AvgIpc) is 2.69. The third-order valence-electron chi connectivity index (χ3n) is 4.15. The van der Waals surface area contributed by atoms with Crippen LogP contribution in [0, 0.1) is 0 Å². The summed E-state index contributed by atoms with van der Waals surface area (Å²) in [6.07, 6.45) is 7.69. The molecule has 0 spiro atoms. The Hall–Kier alpha value is -1.60. The average molecular weight is 229 g/mol. The lowest BCUT2D eigenvalue weighted by molar-refractivity contribution is 0.247. The third-order valence-corrected chi connectivity index (χ3v) is 4.15. The van der Waals surface area contributed by atoms with Crippen LogP contribution in [0.4, 0.5) is 0 Å². The molecule has 1 aromatic carbocycles. The molecule has 0 saturated heterocycles. The third kappa shape index (κ3) is 1.50. The zero-order chi connectivity index (χ0) is 11.9. The summed E-state index contributed by atoms with van der Waals surface area (Å²) in [5.41, 5.74) is 2.90. The monoisotopic (exact) mass is 229 g/mol. The fraction of sp³-hybridized carbons (Fsp3) is 0.500. The van der Waals surface area contributed by atoms with E-state index in [4.69, 9.17) is 0 Å². The number of hydrogen-bond acceptors (Lipinski definition) is 3. The first-order valence-corrected chi connectivity index (χ1v) is 6.19. The molecule has 0 heterocycles. The van der Waals surface area contributed by atoms with Crippen LogP contribution in [-0.2, 0) is 23.2 Å². The van der Waals surface area contributed by atoms with E-state index in [-0.39, 0.29) is 0 Å². The predicted molar refractivity (Wildman–Crippen MR) is 63.8 cm³/mol. The predicted octanol–water partition coefficient (Wildman–Crippen LogP) is 2.60. The molecule has 0 aliphatic heterocycles. The van der Waals surface area contributed by atoms with Crippen LogP contribution in [0.3, 0.4) is 0 Å². The highest BCUT2D eigenvalue weighted by atomic mass is 16.3. The van der Waals surface area contributed by atoms with E-state index in [1.165, 1.54) is 11.1 Å². The number of phenols is 1. The molecule has 3 rings (SSSR count). The summed E-state index contributed by atoms with van der Waals surface area (Å²) in [7, 11) is 0. The van der Waals surface area contributed by atoms with Gasteiger partial charge in [-0.1, -0.05) is 0 Å². The molecule has 0 unspecified atom stereocenters. The van der Waals surface area contributed by atoms with Crippen molar-refractivity contribution in [1.82, 2.24) is 0 Å². The maximum atomic E-state index is 10.6. The van der Waals surface area contributed by atoms with E-state index >= 15 is 0 Å². The van der Waals surface area contributed by atoms with Gasteiger partial charge in [0.05, 0.1) is 0 Å². The van der Waals surface area contributed by atoms with Crippen molar-refractivity contribution in [3.8, 4) is 5.75 Å². The number of phenolic OH excluding ortho intramolecular Hbond substituents is 1. The lowest BCUT2D eigenvalue weighted by Gasteiger charge is -2.37. The van der Waals surface area contributed by atoms with Crippen molar-refractivity contribution in [3.05, 3.63) is 28.8 Å². The molecule has 1 N–H and O–H groups in total. The number of benzene rings is 1. The van der Waals surface area contributed by atoms with Crippen LogP contribution in [0.15, 0.2) is 17.1 Å². The van der Waals surface area contributed by atoms with E-state index in [1.54, 1.807) is 6.08 Å². The standard InChI is InChI=1S/C14H15NO2/c16-9-15-14(5-2-6-14)12-7-10-3-1-4-11(10)8-13(12)17/h7-8,17H,1-6H2. The van der Waals surface area contributed by atoms with Gasteiger partial charge in [0.15, 0.2) is 0 Å². The lowest BCUT2D eigenvalue weighted by atomic mass is 9.71. The Morgan fingerprint density at radius 2 is 1.88 bits per heavy atom. The largest absolute Gasteiger partial charge is 0.508 e. The minimum atomic E-state index is -0.483. The van der Waals surface area contributed by atoms with Crippen molar-refractivity contribution < 1.29 is 9.90 Å². The molecule has 2 aliphatic rings. The molecule has 0 amide bonds. The fourth-order valence-electron chi connectivity index (χ4n) is 3.02. The molecular formula is C14H15NO2. The van der Waals surface area contributed by atoms with Gasteiger partial charge in [0.2, 0.25) is 6.08 Å². The van der Waals surface area contributed by atoms with Crippen molar-refractivity contribution in [1.29, 1.82) is 0 Å². The molecule has 0 radical (unpaired) electrons. The van der Waals surface area contributed by atoms with Gasteiger partial charge in [0.25, 0.3) is 0 Å². The highest BCUT2D eigenvalue weighted by Crippen LogP contribution is 2.49. The molecule has 17 heavy (non-hydrogen) atoms. The lowest BCUT2D eigenvalue weighted by Crippen LogP contribution is -2.32. The Morgan fingerprint density at radius 3 is 2.47 bits per heavy atom. The summed E-state index contributed by atoms with van der Waals surface area (Å²) < 4.78 is 0. The Bertz CT molecular complexity index is 511. The SMILES string of the molecule is O=C=NC1(c2cc3c(cc2O)CCC3)CCC1. The number of isocyanates is 1. The molecule has 0 bridgehead atoms. The number of fused-ring (bicyclic) bond motifs is 1. The maximum absolute atomic E-state index is 10.6. The van der Waals surface area contributed by atoms with Gasteiger partial charge in [-0.25, -0.2) is 4.79 Å². The smallest absolute Gasteiger partial charge is 0.235 e. The minimum Gasteiger partial charge on any atom is -0.508 e. The van der Waals surface area contributed by atoms with E-state index in [0.717, 1.165) is 44.1 Å². The molecule has 1 aromatic rings. The maximum Gasteiger partial charge on any atom is 0.235 e. The van der Waals surface area contributed by atoms with E-state index in [1.807, 2.05) is 6.07 Å². The van der Waals surface area contributed by atoms with Gasteiger partial charge in [-0.15, -0.1) is 0 Å². The Morgan fingerprint density at radius 1 is 1.18 bits per heavy atom. The summed E-state index contributed by atoms with van der Waals surface area (Å²) in [5, 5.41) is 10.1. The second-order valence-corrected chi connectivity index (χ2v) is 5.08. The summed E-state index contributed by atoms with van der Waals surface area (Å²) in [5.74, 6) is 0.296. The van der Waals surface area contributed by atoms with Gasteiger partial charge in [-0.2, -0.15) is 4.99 Å². The first-order valence-electron chi connectivity index (χ1n) is 6.19. The topological polar surface area (TPSA) is 49.7 Å². The van der Waals surface area contributed by atoms with E-state index in [2.05, 4.69) is 11.1 Å². The Labute approximate surface area is 100 Å². The van der Waals surface area contributed by atoms with Gasteiger partial charge in [0.1, 0.15) is 11.3 Å². The zero-order valence-corrected chi connectivity index (χ0v) is 9.70. The van der Waals surface area contributed by atoms with Crippen LogP contribution in [-0.4, -0.2) is 11.2 Å². The molecule has 1 fully saturated rings. The molecule has 3 heteroatoms. The molecular weight excluding hydrogens is 214 g/mol. The molecule has 0 aromatic heterocycles. The van der Waals surface area contributed by atoms with Crippen molar-refractivity contribution in [2.24, 2.45) is 4.99 Å². The van der Waals surface area contributed by atoms with Gasteiger partial charge < -0.3 is 5.11 Å². The number of aromatic hydroxyl groups is 1. The first kappa shape index (κ1) is 10.5. The number of carbonyl (C=O) groups excluding carboxylic acids is 1. The van der Waals surface area contributed by atoms with Crippen LogP contribution >= 0.6 is 0 Å². The molecule has 2 aliphatic carbocycles. The second kappa shape index (κ2) is 3.71. The van der Waals surface area contributed by atoms with Crippen LogP contribution in [0.1, 0.15) is 42.4 Å². The molecule has 0 atom stereocenters. The highest BCUT2D eigenvalue weighted by Gasteiger charge is 2.41.